The van der Waals surface area contributed by atoms with Gasteiger partial charge in [0, 0.05) is 30.4 Å². The first-order valence-electron chi connectivity index (χ1n) is 7.35. The van der Waals surface area contributed by atoms with Crippen molar-refractivity contribution in [2.24, 2.45) is 10.7 Å². The highest BCUT2D eigenvalue weighted by atomic mass is 32.2. The monoisotopic (exact) mass is 343 g/mol. The van der Waals surface area contributed by atoms with E-state index >= 15 is 0 Å². The summed E-state index contributed by atoms with van der Waals surface area (Å²) in [7, 11) is 1.63. The van der Waals surface area contributed by atoms with E-state index < -0.39 is 0 Å². The lowest BCUT2D eigenvalue weighted by molar-refractivity contribution is 0.595. The van der Waals surface area contributed by atoms with E-state index in [2.05, 4.69) is 20.5 Å². The second-order valence-corrected chi connectivity index (χ2v) is 6.15. The Labute approximate surface area is 143 Å². The molecule has 5 nitrogen and oxygen atoms in total. The van der Waals surface area contributed by atoms with Crippen LogP contribution in [0.2, 0.25) is 0 Å². The second kappa shape index (κ2) is 6.52. The van der Waals surface area contributed by atoms with Crippen LogP contribution in [-0.2, 0) is 0 Å². The van der Waals surface area contributed by atoms with Gasteiger partial charge in [-0.25, -0.2) is 4.39 Å². The maximum Gasteiger partial charge on any atom is 0.142 e. The van der Waals surface area contributed by atoms with Crippen LogP contribution in [0.4, 0.5) is 4.39 Å². The van der Waals surface area contributed by atoms with Gasteiger partial charge >= 0.3 is 0 Å². The van der Waals surface area contributed by atoms with Crippen LogP contribution >= 0.6 is 11.8 Å². The summed E-state index contributed by atoms with van der Waals surface area (Å²) in [4.78, 5) is 4.51. The summed E-state index contributed by atoms with van der Waals surface area (Å²) in [6, 6.07) is 0. The minimum absolute atomic E-state index is 0.220. The number of halogens is 1. The number of hydrogen-bond acceptors (Lipinski definition) is 4. The van der Waals surface area contributed by atoms with Crippen LogP contribution in [0.5, 0.6) is 0 Å². The van der Waals surface area contributed by atoms with Crippen LogP contribution in [-0.4, -0.2) is 29.3 Å². The van der Waals surface area contributed by atoms with Crippen LogP contribution in [0.3, 0.4) is 0 Å². The topological polar surface area (TPSA) is 79.1 Å². The van der Waals surface area contributed by atoms with E-state index in [-0.39, 0.29) is 5.82 Å². The highest BCUT2D eigenvalue weighted by Gasteiger charge is 2.20. The van der Waals surface area contributed by atoms with Crippen molar-refractivity contribution in [2.45, 2.75) is 11.8 Å². The van der Waals surface area contributed by atoms with Crippen LogP contribution in [0.1, 0.15) is 11.1 Å². The molecule has 24 heavy (non-hydrogen) atoms. The Bertz CT molecular complexity index is 921. The second-order valence-electron chi connectivity index (χ2n) is 5.33. The molecule has 0 saturated heterocycles. The molecular formula is C17H18FN5S. The van der Waals surface area contributed by atoms with E-state index in [1.165, 1.54) is 11.8 Å². The van der Waals surface area contributed by atoms with Gasteiger partial charge in [0.1, 0.15) is 11.7 Å². The number of amidine groups is 1. The van der Waals surface area contributed by atoms with E-state index in [9.17, 15) is 4.39 Å². The van der Waals surface area contributed by atoms with Gasteiger partial charge in [-0.1, -0.05) is 0 Å². The molecule has 0 spiro atoms. The van der Waals surface area contributed by atoms with Gasteiger partial charge in [0.05, 0.1) is 16.6 Å². The molecule has 0 radical (unpaired) electrons. The molecule has 1 aromatic heterocycles. The van der Waals surface area contributed by atoms with Crippen molar-refractivity contribution < 1.29 is 4.39 Å². The number of benzene rings is 1. The summed E-state index contributed by atoms with van der Waals surface area (Å²) in [5.74, 6) is 0.194. The van der Waals surface area contributed by atoms with Crippen molar-refractivity contribution in [1.29, 1.82) is 0 Å². The number of aromatic nitrogens is 2. The number of aromatic amines is 1. The Kier molecular flexibility index (Phi) is 4.44. The van der Waals surface area contributed by atoms with E-state index in [1.54, 1.807) is 32.4 Å². The molecule has 2 aromatic rings. The fraction of sp³-hybridized carbons (Fsp3) is 0.176. The summed E-state index contributed by atoms with van der Waals surface area (Å²) in [6.07, 6.45) is 11.0. The third kappa shape index (κ3) is 2.71. The van der Waals surface area contributed by atoms with Gasteiger partial charge in [-0.2, -0.15) is 5.10 Å². The predicted molar refractivity (Wildman–Crippen MR) is 98.5 cm³/mol. The summed E-state index contributed by atoms with van der Waals surface area (Å²) < 4.78 is 14.8. The van der Waals surface area contributed by atoms with E-state index in [4.69, 9.17) is 5.73 Å². The minimum atomic E-state index is -0.220. The number of nitrogens with zero attached hydrogens (tertiary/aromatic N) is 2. The number of allylic oxidation sites excluding steroid dienone is 3. The van der Waals surface area contributed by atoms with Crippen LogP contribution < -0.4 is 11.1 Å². The zero-order chi connectivity index (χ0) is 17.3. The molecule has 0 amide bonds. The number of dihydropyridines is 1. The number of rotatable bonds is 3. The normalized spacial score (nSPS) is 16.6. The van der Waals surface area contributed by atoms with Crippen LogP contribution in [0, 0.1) is 12.7 Å². The Morgan fingerprint density at radius 1 is 1.46 bits per heavy atom. The quantitative estimate of drug-likeness (QED) is 0.454. The number of H-pyrrole nitrogens is 1. The standard InChI is InChI=1S/C17H18FN5S/c1-9-14(10-4-5-21-11(6-10)7-13(19)20-2)12-8-22-23-16(12)17(24-3)15(9)18/h4-8,21H,1-3H3,(H2,19,20)(H,22,23)/b11-7-. The molecule has 0 bridgehead atoms. The minimum Gasteiger partial charge on any atom is -0.384 e. The lowest BCUT2D eigenvalue weighted by Crippen LogP contribution is -2.14. The van der Waals surface area contributed by atoms with Crippen molar-refractivity contribution in [3.63, 3.8) is 0 Å². The Morgan fingerprint density at radius 2 is 2.25 bits per heavy atom. The van der Waals surface area contributed by atoms with Crippen molar-refractivity contribution in [3.8, 4) is 0 Å². The van der Waals surface area contributed by atoms with Gasteiger partial charge in [-0.05, 0) is 42.0 Å². The van der Waals surface area contributed by atoms with E-state index in [1.807, 2.05) is 18.4 Å². The molecule has 1 aliphatic heterocycles. The van der Waals surface area contributed by atoms with Crippen molar-refractivity contribution in [1.82, 2.24) is 15.5 Å². The van der Waals surface area contributed by atoms with Crippen LogP contribution in [0.25, 0.3) is 16.5 Å². The molecule has 0 aliphatic carbocycles. The molecule has 0 unspecified atom stereocenters. The van der Waals surface area contributed by atoms with E-state index in [0.29, 0.717) is 21.8 Å². The van der Waals surface area contributed by atoms with E-state index in [0.717, 1.165) is 22.2 Å². The highest BCUT2D eigenvalue weighted by molar-refractivity contribution is 7.98. The molecule has 0 atom stereocenters. The lowest BCUT2D eigenvalue weighted by Gasteiger charge is -2.17. The highest BCUT2D eigenvalue weighted by Crippen LogP contribution is 2.37. The smallest absolute Gasteiger partial charge is 0.142 e. The Hall–Kier alpha value is -2.54. The average Bonchev–Trinajstić information content (AvgIpc) is 3.05. The molecule has 1 aliphatic rings. The molecule has 3 rings (SSSR count). The van der Waals surface area contributed by atoms with Gasteiger partial charge in [-0.15, -0.1) is 11.8 Å². The SMILES string of the molecule is CN=C(N)/C=C1/C=C(c2c(C)c(F)c(SC)c3[nH]ncc23)C=CN1. The first kappa shape index (κ1) is 16.3. The number of hydrogen-bond donors (Lipinski definition) is 3. The molecular weight excluding hydrogens is 325 g/mol. The molecule has 2 heterocycles. The fourth-order valence-corrected chi connectivity index (χ4v) is 3.44. The Morgan fingerprint density at radius 3 is 2.96 bits per heavy atom. The maximum atomic E-state index is 14.8. The first-order chi connectivity index (χ1) is 11.6. The number of nitrogens with two attached hydrogens (primary N) is 1. The summed E-state index contributed by atoms with van der Waals surface area (Å²) >= 11 is 1.37. The lowest BCUT2D eigenvalue weighted by atomic mass is 9.94. The zero-order valence-corrected chi connectivity index (χ0v) is 14.5. The third-order valence-corrected chi connectivity index (χ3v) is 4.71. The van der Waals surface area contributed by atoms with Crippen molar-refractivity contribution in [3.05, 3.63) is 53.3 Å². The molecule has 0 fully saturated rings. The Balaban J connectivity index is 2.23. The molecule has 7 heteroatoms. The number of aliphatic imine (C=N–C) groups is 1. The van der Waals surface area contributed by atoms with Crippen LogP contribution in [0.15, 0.2) is 46.2 Å². The van der Waals surface area contributed by atoms with Gasteiger partial charge in [0.15, 0.2) is 0 Å². The summed E-state index contributed by atoms with van der Waals surface area (Å²) in [5.41, 5.74) is 9.58. The first-order valence-corrected chi connectivity index (χ1v) is 8.57. The predicted octanol–water partition coefficient (Wildman–Crippen LogP) is 3.10. The van der Waals surface area contributed by atoms with Crippen molar-refractivity contribution >= 4 is 34.1 Å². The zero-order valence-electron chi connectivity index (χ0n) is 13.6. The summed E-state index contributed by atoms with van der Waals surface area (Å²) in [5, 5.41) is 11.0. The van der Waals surface area contributed by atoms with Gasteiger partial charge in [-0.3, -0.25) is 10.1 Å². The molecule has 4 N–H and O–H groups in total. The van der Waals surface area contributed by atoms with Gasteiger partial charge < -0.3 is 11.1 Å². The molecule has 0 saturated carbocycles. The molecule has 1 aromatic carbocycles. The third-order valence-electron chi connectivity index (χ3n) is 3.92. The van der Waals surface area contributed by atoms with Gasteiger partial charge in [0.2, 0.25) is 0 Å². The maximum absolute atomic E-state index is 14.8. The molecule has 124 valence electrons. The summed E-state index contributed by atoms with van der Waals surface area (Å²) in [6.45, 7) is 1.79. The van der Waals surface area contributed by atoms with Gasteiger partial charge in [0.25, 0.3) is 0 Å². The number of fused-ring (bicyclic) bond motifs is 1. The van der Waals surface area contributed by atoms with Crippen molar-refractivity contribution in [2.75, 3.05) is 13.3 Å². The number of nitrogens with one attached hydrogen (secondary N) is 2. The largest absolute Gasteiger partial charge is 0.384 e. The number of thioether (sulfide) groups is 1. The average molecular weight is 343 g/mol. The fourth-order valence-electron chi connectivity index (χ4n) is 2.75.